The first-order valence-corrected chi connectivity index (χ1v) is 7.61. The fourth-order valence-corrected chi connectivity index (χ4v) is 2.71. The van der Waals surface area contributed by atoms with Crippen molar-refractivity contribution in [3.05, 3.63) is 35.6 Å². The summed E-state index contributed by atoms with van der Waals surface area (Å²) in [5, 5.41) is 0. The zero-order chi connectivity index (χ0) is 16.1. The number of likely N-dealkylation sites (N-methyl/N-ethyl adjacent to an activating group) is 2. The molecule has 1 saturated heterocycles. The number of hydrogen-bond donors (Lipinski definition) is 2. The molecule has 1 amide bonds. The molecule has 2 rings (SSSR count). The Morgan fingerprint density at radius 1 is 1.23 bits per heavy atom. The van der Waals surface area contributed by atoms with Gasteiger partial charge in [0.25, 0.3) is 0 Å². The lowest BCUT2D eigenvalue weighted by Crippen LogP contribution is -2.39. The third-order valence-corrected chi connectivity index (χ3v) is 4.09. The molecule has 1 aliphatic heterocycles. The highest BCUT2D eigenvalue weighted by atomic mass is 19.1. The first-order valence-electron chi connectivity index (χ1n) is 7.61. The van der Waals surface area contributed by atoms with Crippen molar-refractivity contribution in [1.82, 2.24) is 20.7 Å². The summed E-state index contributed by atoms with van der Waals surface area (Å²) in [6, 6.07) is 5.77. The Bertz CT molecular complexity index is 485. The Morgan fingerprint density at radius 3 is 2.36 bits per heavy atom. The molecule has 0 saturated carbocycles. The second-order valence-electron chi connectivity index (χ2n) is 6.09. The number of hydrazine groups is 1. The normalized spacial score (nSPS) is 17.0. The highest BCUT2D eigenvalue weighted by molar-refractivity contribution is 5.83. The van der Waals surface area contributed by atoms with Gasteiger partial charge in [-0.25, -0.2) is 4.39 Å². The van der Waals surface area contributed by atoms with Gasteiger partial charge in [0.1, 0.15) is 11.9 Å². The van der Waals surface area contributed by atoms with Gasteiger partial charge in [0.15, 0.2) is 0 Å². The van der Waals surface area contributed by atoms with Crippen LogP contribution in [0.3, 0.4) is 0 Å². The van der Waals surface area contributed by atoms with E-state index in [1.54, 1.807) is 17.0 Å². The summed E-state index contributed by atoms with van der Waals surface area (Å²) in [7, 11) is 5.56. The minimum absolute atomic E-state index is 0.0375. The number of rotatable bonds is 6. The topological polar surface area (TPSA) is 47.6 Å². The van der Waals surface area contributed by atoms with Gasteiger partial charge in [-0.05, 0) is 44.1 Å². The van der Waals surface area contributed by atoms with Crippen LogP contribution in [0, 0.1) is 11.7 Å². The molecule has 1 aromatic rings. The zero-order valence-corrected chi connectivity index (χ0v) is 13.5. The maximum absolute atomic E-state index is 13.1. The lowest BCUT2D eigenvalue weighted by atomic mass is 10.0. The van der Waals surface area contributed by atoms with Crippen LogP contribution in [-0.2, 0) is 4.79 Å². The van der Waals surface area contributed by atoms with Gasteiger partial charge in [0.2, 0.25) is 5.91 Å². The summed E-state index contributed by atoms with van der Waals surface area (Å²) in [5.74, 6) is 0.303. The number of halogens is 1. The average molecular weight is 308 g/mol. The van der Waals surface area contributed by atoms with Crippen LogP contribution in [-0.4, -0.2) is 56.5 Å². The fraction of sp³-hybridized carbons (Fsp3) is 0.562. The van der Waals surface area contributed by atoms with E-state index in [4.69, 9.17) is 0 Å². The Kier molecular flexibility index (Phi) is 5.88. The van der Waals surface area contributed by atoms with E-state index in [0.29, 0.717) is 5.92 Å². The van der Waals surface area contributed by atoms with Crippen LogP contribution in [0.2, 0.25) is 0 Å². The minimum Gasteiger partial charge on any atom is -0.344 e. The zero-order valence-electron chi connectivity index (χ0n) is 13.5. The summed E-state index contributed by atoms with van der Waals surface area (Å²) >= 11 is 0. The van der Waals surface area contributed by atoms with E-state index in [1.807, 2.05) is 26.0 Å². The minimum atomic E-state index is -0.384. The average Bonchev–Trinajstić information content (AvgIpc) is 3.00. The SMILES string of the molecule is CN(CCC1CNNC1)C(=O)C(c1ccc(F)cc1)N(C)C. The molecular weight excluding hydrogens is 283 g/mol. The van der Waals surface area contributed by atoms with Crippen molar-refractivity contribution < 1.29 is 9.18 Å². The number of carbonyl (C=O) groups excluding carboxylic acids is 1. The van der Waals surface area contributed by atoms with Crippen molar-refractivity contribution in [2.75, 3.05) is 40.8 Å². The van der Waals surface area contributed by atoms with Crippen molar-refractivity contribution in [3.63, 3.8) is 0 Å². The number of nitrogens with zero attached hydrogens (tertiary/aromatic N) is 2. The van der Waals surface area contributed by atoms with Crippen molar-refractivity contribution in [2.45, 2.75) is 12.5 Å². The Morgan fingerprint density at radius 2 is 1.82 bits per heavy atom. The lowest BCUT2D eigenvalue weighted by Gasteiger charge is -2.29. The Balaban J connectivity index is 2.00. The first-order chi connectivity index (χ1) is 10.5. The molecule has 0 aliphatic carbocycles. The second kappa shape index (κ2) is 7.67. The van der Waals surface area contributed by atoms with E-state index < -0.39 is 0 Å². The van der Waals surface area contributed by atoms with Gasteiger partial charge in [-0.1, -0.05) is 12.1 Å². The van der Waals surface area contributed by atoms with Crippen LogP contribution < -0.4 is 10.9 Å². The summed E-state index contributed by atoms with van der Waals surface area (Å²) in [6.45, 7) is 2.60. The molecule has 22 heavy (non-hydrogen) atoms. The predicted molar refractivity (Wildman–Crippen MR) is 84.6 cm³/mol. The highest BCUT2D eigenvalue weighted by Crippen LogP contribution is 2.21. The standard InChI is InChI=1S/C16H25FN4O/c1-20(2)15(13-4-6-14(17)7-5-13)16(22)21(3)9-8-12-10-18-19-11-12/h4-7,12,15,18-19H,8-11H2,1-3H3. The lowest BCUT2D eigenvalue weighted by molar-refractivity contribution is -0.135. The molecule has 1 atom stereocenters. The molecule has 0 spiro atoms. The van der Waals surface area contributed by atoms with Crippen LogP contribution in [0.1, 0.15) is 18.0 Å². The molecule has 1 unspecified atom stereocenters. The smallest absolute Gasteiger partial charge is 0.244 e. The number of carbonyl (C=O) groups is 1. The molecule has 1 fully saturated rings. The summed E-state index contributed by atoms with van der Waals surface area (Å²) in [6.07, 6.45) is 0.964. The van der Waals surface area contributed by atoms with E-state index in [1.165, 1.54) is 12.1 Å². The number of amides is 1. The van der Waals surface area contributed by atoms with Crippen molar-refractivity contribution in [1.29, 1.82) is 0 Å². The van der Waals surface area contributed by atoms with Gasteiger partial charge in [0, 0.05) is 26.7 Å². The molecule has 1 aromatic carbocycles. The van der Waals surface area contributed by atoms with Crippen molar-refractivity contribution in [2.24, 2.45) is 5.92 Å². The van der Waals surface area contributed by atoms with E-state index in [9.17, 15) is 9.18 Å². The monoisotopic (exact) mass is 308 g/mol. The highest BCUT2D eigenvalue weighted by Gasteiger charge is 2.26. The van der Waals surface area contributed by atoms with E-state index >= 15 is 0 Å². The third kappa shape index (κ3) is 4.25. The molecule has 0 aromatic heterocycles. The molecule has 0 bridgehead atoms. The molecule has 2 N–H and O–H groups in total. The molecule has 122 valence electrons. The fourth-order valence-electron chi connectivity index (χ4n) is 2.71. The number of benzene rings is 1. The van der Waals surface area contributed by atoms with E-state index in [0.717, 1.165) is 31.6 Å². The van der Waals surface area contributed by atoms with Crippen LogP contribution in [0.15, 0.2) is 24.3 Å². The maximum Gasteiger partial charge on any atom is 0.244 e. The van der Waals surface area contributed by atoms with Crippen LogP contribution in [0.4, 0.5) is 4.39 Å². The van der Waals surface area contributed by atoms with Gasteiger partial charge in [-0.15, -0.1) is 0 Å². The van der Waals surface area contributed by atoms with Gasteiger partial charge in [-0.2, -0.15) is 0 Å². The quantitative estimate of drug-likeness (QED) is 0.823. The molecule has 1 aliphatic rings. The van der Waals surface area contributed by atoms with Crippen LogP contribution in [0.25, 0.3) is 0 Å². The van der Waals surface area contributed by atoms with Crippen molar-refractivity contribution >= 4 is 5.91 Å². The van der Waals surface area contributed by atoms with E-state index in [2.05, 4.69) is 10.9 Å². The summed E-state index contributed by atoms with van der Waals surface area (Å²) in [4.78, 5) is 16.4. The Labute approximate surface area is 131 Å². The van der Waals surface area contributed by atoms with Gasteiger partial charge >= 0.3 is 0 Å². The van der Waals surface area contributed by atoms with Crippen LogP contribution >= 0.6 is 0 Å². The van der Waals surface area contributed by atoms with Gasteiger partial charge in [-0.3, -0.25) is 20.5 Å². The first kappa shape index (κ1) is 16.9. The van der Waals surface area contributed by atoms with Gasteiger partial charge in [0.05, 0.1) is 0 Å². The molecule has 1 heterocycles. The van der Waals surface area contributed by atoms with E-state index in [-0.39, 0.29) is 17.8 Å². The molecule has 0 radical (unpaired) electrons. The predicted octanol–water partition coefficient (Wildman–Crippen LogP) is 1.00. The van der Waals surface area contributed by atoms with Crippen LogP contribution in [0.5, 0.6) is 0 Å². The summed E-state index contributed by atoms with van der Waals surface area (Å²) in [5.41, 5.74) is 7.01. The second-order valence-corrected chi connectivity index (χ2v) is 6.09. The molecule has 5 nitrogen and oxygen atoms in total. The summed E-state index contributed by atoms with van der Waals surface area (Å²) < 4.78 is 13.1. The Hall–Kier alpha value is -1.50. The maximum atomic E-state index is 13.1. The number of hydrogen-bond acceptors (Lipinski definition) is 4. The molecular formula is C16H25FN4O. The largest absolute Gasteiger partial charge is 0.344 e. The van der Waals surface area contributed by atoms with Gasteiger partial charge < -0.3 is 4.90 Å². The number of nitrogens with one attached hydrogen (secondary N) is 2. The van der Waals surface area contributed by atoms with Crippen molar-refractivity contribution in [3.8, 4) is 0 Å². The third-order valence-electron chi connectivity index (χ3n) is 4.09. The molecule has 6 heteroatoms.